The molecule has 0 radical (unpaired) electrons. The topological polar surface area (TPSA) is 35.5 Å². The lowest BCUT2D eigenvalue weighted by Gasteiger charge is -2.12. The second-order valence-electron chi connectivity index (χ2n) is 6.28. The number of Topliss-reactive ketones (excluding diaryl/α,β-unsaturated/α-hetero) is 1. The molecule has 0 saturated carbocycles. The number of hydrogen-bond acceptors (Lipinski definition) is 3. The summed E-state index contributed by atoms with van der Waals surface area (Å²) in [5, 5.41) is 0. The fourth-order valence-electron chi connectivity index (χ4n) is 2.93. The van der Waals surface area contributed by atoms with Gasteiger partial charge in [-0.2, -0.15) is 0 Å². The molecule has 0 saturated heterocycles. The molecule has 0 aliphatic rings. The summed E-state index contributed by atoms with van der Waals surface area (Å²) in [6.45, 7) is 2.09. The predicted molar refractivity (Wildman–Crippen MR) is 112 cm³/mol. The van der Waals surface area contributed by atoms with Crippen LogP contribution >= 0.6 is 0 Å². The summed E-state index contributed by atoms with van der Waals surface area (Å²) in [5.74, 6) is 6.84. The van der Waals surface area contributed by atoms with Gasteiger partial charge in [0.15, 0.2) is 0 Å². The van der Waals surface area contributed by atoms with Crippen molar-refractivity contribution in [2.45, 2.75) is 13.3 Å². The van der Waals surface area contributed by atoms with Crippen LogP contribution < -0.4 is 9.47 Å². The van der Waals surface area contributed by atoms with E-state index in [1.54, 1.807) is 14.2 Å². The van der Waals surface area contributed by atoms with E-state index in [0.29, 0.717) is 17.1 Å². The number of hydrogen-bond donors (Lipinski definition) is 0. The van der Waals surface area contributed by atoms with Crippen molar-refractivity contribution in [2.24, 2.45) is 0 Å². The molecule has 0 bridgehead atoms. The zero-order valence-electron chi connectivity index (χ0n) is 16.3. The second-order valence-corrected chi connectivity index (χ2v) is 6.28. The second kappa shape index (κ2) is 8.92. The third-order valence-corrected chi connectivity index (χ3v) is 4.49. The van der Waals surface area contributed by atoms with Gasteiger partial charge in [0.2, 0.25) is 5.78 Å². The predicted octanol–water partition coefficient (Wildman–Crippen LogP) is 5.17. The first-order chi connectivity index (χ1) is 13.6. The quantitative estimate of drug-likeness (QED) is 0.459. The Morgan fingerprint density at radius 3 is 2.18 bits per heavy atom. The smallest absolute Gasteiger partial charge is 0.236 e. The highest BCUT2D eigenvalue weighted by molar-refractivity contribution is 6.13. The highest BCUT2D eigenvalue weighted by Crippen LogP contribution is 2.32. The van der Waals surface area contributed by atoms with Gasteiger partial charge in [-0.05, 0) is 59.4 Å². The fourth-order valence-corrected chi connectivity index (χ4v) is 2.93. The van der Waals surface area contributed by atoms with Gasteiger partial charge in [-0.25, -0.2) is 0 Å². The van der Waals surface area contributed by atoms with E-state index in [4.69, 9.17) is 9.47 Å². The summed E-state index contributed by atoms with van der Waals surface area (Å²) in [6.07, 6.45) is 0.873. The van der Waals surface area contributed by atoms with Crippen molar-refractivity contribution in [3.8, 4) is 34.5 Å². The molecule has 3 aromatic carbocycles. The number of ketones is 1. The molecule has 0 aliphatic heterocycles. The lowest BCUT2D eigenvalue weighted by atomic mass is 9.94. The van der Waals surface area contributed by atoms with Gasteiger partial charge in [-0.1, -0.05) is 43.2 Å². The van der Waals surface area contributed by atoms with Crippen molar-refractivity contribution in [1.29, 1.82) is 0 Å². The molecular weight excluding hydrogens is 348 g/mol. The normalized spacial score (nSPS) is 9.96. The van der Waals surface area contributed by atoms with E-state index in [1.165, 1.54) is 0 Å². The fraction of sp³-hybridized carbons (Fsp3) is 0.160. The first-order valence-electron chi connectivity index (χ1n) is 9.12. The lowest BCUT2D eigenvalue weighted by Crippen LogP contribution is -2.00. The highest BCUT2D eigenvalue weighted by Gasteiger charge is 2.14. The zero-order valence-corrected chi connectivity index (χ0v) is 16.3. The summed E-state index contributed by atoms with van der Waals surface area (Å²) < 4.78 is 10.8. The van der Waals surface area contributed by atoms with Gasteiger partial charge >= 0.3 is 0 Å². The molecule has 0 heterocycles. The van der Waals surface area contributed by atoms with E-state index >= 15 is 0 Å². The SMILES string of the molecule is CCc1ccc(C(=O)C#Cc2ccccc2)c(-c2cc(OC)cc(OC)c2)c1. The van der Waals surface area contributed by atoms with Crippen LogP contribution in [0.5, 0.6) is 11.5 Å². The Balaban J connectivity index is 2.09. The largest absolute Gasteiger partial charge is 0.497 e. The van der Waals surface area contributed by atoms with Gasteiger partial charge in [0.1, 0.15) is 11.5 Å². The number of ether oxygens (including phenoxy) is 2. The maximum absolute atomic E-state index is 12.9. The maximum Gasteiger partial charge on any atom is 0.236 e. The molecule has 3 nitrogen and oxygen atoms in total. The van der Waals surface area contributed by atoms with Crippen LogP contribution in [0.15, 0.2) is 66.7 Å². The number of benzene rings is 3. The van der Waals surface area contributed by atoms with Gasteiger partial charge in [0.05, 0.1) is 14.2 Å². The van der Waals surface area contributed by atoms with Crippen LogP contribution in [0.3, 0.4) is 0 Å². The molecule has 0 N–H and O–H groups in total. The number of carbonyl (C=O) groups excluding carboxylic acids is 1. The molecule has 0 aromatic heterocycles. The van der Waals surface area contributed by atoms with Crippen molar-refractivity contribution >= 4 is 5.78 Å². The molecule has 3 heteroatoms. The molecule has 0 atom stereocenters. The molecular formula is C25H22O3. The third-order valence-electron chi connectivity index (χ3n) is 4.49. The Hall–Kier alpha value is -3.51. The van der Waals surface area contributed by atoms with Crippen LogP contribution in [0.1, 0.15) is 28.4 Å². The van der Waals surface area contributed by atoms with Gasteiger partial charge < -0.3 is 9.47 Å². The van der Waals surface area contributed by atoms with E-state index in [1.807, 2.05) is 66.7 Å². The van der Waals surface area contributed by atoms with Gasteiger partial charge in [0.25, 0.3) is 0 Å². The number of aryl methyl sites for hydroxylation is 1. The molecule has 140 valence electrons. The zero-order chi connectivity index (χ0) is 19.9. The van der Waals surface area contributed by atoms with Crippen molar-refractivity contribution < 1.29 is 14.3 Å². The van der Waals surface area contributed by atoms with E-state index in [9.17, 15) is 4.79 Å². The number of methoxy groups -OCH3 is 2. The number of carbonyl (C=O) groups is 1. The highest BCUT2D eigenvalue weighted by atomic mass is 16.5. The standard InChI is InChI=1S/C25H22O3/c1-4-18-10-12-23(25(26)13-11-19-8-6-5-7-9-19)24(14-18)20-15-21(27-2)17-22(16-20)28-3/h5-10,12,14-17H,4H2,1-3H3. The average molecular weight is 370 g/mol. The van der Waals surface area contributed by atoms with Crippen molar-refractivity contribution in [3.63, 3.8) is 0 Å². The minimum absolute atomic E-state index is 0.219. The first-order valence-corrected chi connectivity index (χ1v) is 9.12. The van der Waals surface area contributed by atoms with E-state index < -0.39 is 0 Å². The van der Waals surface area contributed by atoms with E-state index in [-0.39, 0.29) is 5.78 Å². The molecule has 0 aliphatic carbocycles. The summed E-state index contributed by atoms with van der Waals surface area (Å²) in [7, 11) is 3.22. The van der Waals surface area contributed by atoms with E-state index in [0.717, 1.165) is 28.7 Å². The Morgan fingerprint density at radius 1 is 0.893 bits per heavy atom. The average Bonchev–Trinajstić information content (AvgIpc) is 2.77. The summed E-state index contributed by atoms with van der Waals surface area (Å²) >= 11 is 0. The first kappa shape index (κ1) is 19.3. The van der Waals surface area contributed by atoms with Gasteiger partial charge in [-0.3, -0.25) is 4.79 Å². The van der Waals surface area contributed by atoms with E-state index in [2.05, 4.69) is 18.8 Å². The summed E-state index contributed by atoms with van der Waals surface area (Å²) in [4.78, 5) is 12.9. The molecule has 28 heavy (non-hydrogen) atoms. The Morgan fingerprint density at radius 2 is 1.57 bits per heavy atom. The van der Waals surface area contributed by atoms with Crippen LogP contribution in [0.4, 0.5) is 0 Å². The molecule has 3 rings (SSSR count). The van der Waals surface area contributed by atoms with Crippen LogP contribution in [0.25, 0.3) is 11.1 Å². The van der Waals surface area contributed by atoms with Crippen LogP contribution in [-0.4, -0.2) is 20.0 Å². The number of rotatable bonds is 5. The Labute approximate surface area is 165 Å². The molecule has 3 aromatic rings. The molecule has 0 spiro atoms. The van der Waals surface area contributed by atoms with Crippen molar-refractivity contribution in [2.75, 3.05) is 14.2 Å². The van der Waals surface area contributed by atoms with Crippen molar-refractivity contribution in [3.05, 3.63) is 83.4 Å². The van der Waals surface area contributed by atoms with Gasteiger partial charge in [-0.15, -0.1) is 0 Å². The van der Waals surface area contributed by atoms with Gasteiger partial charge in [0, 0.05) is 17.2 Å². The van der Waals surface area contributed by atoms with Crippen molar-refractivity contribution in [1.82, 2.24) is 0 Å². The summed E-state index contributed by atoms with van der Waals surface area (Å²) in [6, 6.07) is 21.0. The molecule has 0 amide bonds. The van der Waals surface area contributed by atoms with Crippen LogP contribution in [0, 0.1) is 11.8 Å². The molecule has 0 unspecified atom stereocenters. The summed E-state index contributed by atoms with van der Waals surface area (Å²) in [5.41, 5.74) is 4.20. The Bertz CT molecular complexity index is 1020. The lowest BCUT2D eigenvalue weighted by molar-refractivity contribution is 0.105. The third kappa shape index (κ3) is 4.42. The minimum atomic E-state index is -0.219. The monoisotopic (exact) mass is 370 g/mol. The van der Waals surface area contributed by atoms with Crippen LogP contribution in [0.2, 0.25) is 0 Å². The maximum atomic E-state index is 12.9. The van der Waals surface area contributed by atoms with Crippen LogP contribution in [-0.2, 0) is 6.42 Å². The Kier molecular flexibility index (Phi) is 6.14. The molecule has 0 fully saturated rings. The minimum Gasteiger partial charge on any atom is -0.497 e.